The number of benzene rings is 2. The first-order valence-corrected chi connectivity index (χ1v) is 9.93. The summed E-state index contributed by atoms with van der Waals surface area (Å²) in [6.07, 6.45) is 0.492. The van der Waals surface area contributed by atoms with Gasteiger partial charge in [-0.2, -0.15) is 4.98 Å². The molecule has 10 heteroatoms. The quantitative estimate of drug-likeness (QED) is 0.374. The van der Waals surface area contributed by atoms with E-state index in [2.05, 4.69) is 15.4 Å². The van der Waals surface area contributed by atoms with Crippen molar-refractivity contribution >= 4 is 27.9 Å². The zero-order valence-electron chi connectivity index (χ0n) is 15.8. The van der Waals surface area contributed by atoms with Crippen molar-refractivity contribution in [3.05, 3.63) is 80.6 Å². The maximum Gasteiger partial charge on any atom is 0.273 e. The first kappa shape index (κ1) is 19.6. The molecule has 4 aromatic rings. The Bertz CT molecular complexity index is 1270. The van der Waals surface area contributed by atoms with E-state index >= 15 is 0 Å². The summed E-state index contributed by atoms with van der Waals surface area (Å²) in [5.41, 5.74) is 1.95. The Kier molecular flexibility index (Phi) is 5.23. The molecule has 0 fully saturated rings. The Hall–Kier alpha value is -3.66. The van der Waals surface area contributed by atoms with Crippen LogP contribution in [0.5, 0.6) is 0 Å². The molecule has 0 aliphatic carbocycles. The largest absolute Gasteiger partial charge is 0.352 e. The first-order chi connectivity index (χ1) is 14.4. The third-order valence-electron chi connectivity index (χ3n) is 4.65. The summed E-state index contributed by atoms with van der Waals surface area (Å²) in [7, 11) is 0. The van der Waals surface area contributed by atoms with Crippen LogP contribution in [0.1, 0.15) is 21.6 Å². The average molecular weight is 425 g/mol. The van der Waals surface area contributed by atoms with Gasteiger partial charge in [0.1, 0.15) is 5.82 Å². The Morgan fingerprint density at radius 1 is 1.30 bits per heavy atom. The molecule has 2 heterocycles. The van der Waals surface area contributed by atoms with Crippen molar-refractivity contribution < 1.29 is 14.1 Å². The summed E-state index contributed by atoms with van der Waals surface area (Å²) in [5.74, 6) is -0.300. The molecule has 0 radical (unpaired) electrons. The molecule has 0 spiro atoms. The summed E-state index contributed by atoms with van der Waals surface area (Å²) < 4.78 is 15.1. The van der Waals surface area contributed by atoms with Crippen molar-refractivity contribution in [1.29, 1.82) is 0 Å². The third kappa shape index (κ3) is 3.77. The van der Waals surface area contributed by atoms with E-state index in [1.165, 1.54) is 35.6 Å². The highest BCUT2D eigenvalue weighted by molar-refractivity contribution is 7.15. The molecule has 0 saturated heterocycles. The second kappa shape index (κ2) is 7.99. The lowest BCUT2D eigenvalue weighted by Gasteiger charge is -2.07. The fraction of sp³-hybridized carbons (Fsp3) is 0.150. The van der Waals surface area contributed by atoms with Crippen LogP contribution in [0.4, 0.5) is 10.1 Å². The molecular weight excluding hydrogens is 409 g/mol. The SMILES string of the molecule is Cc1c(C(=O)NCCc2csc3nc(-c4cccc(F)c4)nn23)cccc1[N+](=O)[O-]. The highest BCUT2D eigenvalue weighted by Gasteiger charge is 2.18. The number of aromatic nitrogens is 3. The van der Waals surface area contributed by atoms with Gasteiger partial charge in [0, 0.05) is 41.1 Å². The highest BCUT2D eigenvalue weighted by Crippen LogP contribution is 2.22. The molecule has 152 valence electrons. The van der Waals surface area contributed by atoms with E-state index in [1.807, 2.05) is 5.38 Å². The lowest BCUT2D eigenvalue weighted by atomic mass is 10.1. The van der Waals surface area contributed by atoms with Crippen molar-refractivity contribution in [2.24, 2.45) is 0 Å². The van der Waals surface area contributed by atoms with E-state index in [9.17, 15) is 19.3 Å². The number of nitrogens with zero attached hydrogens (tertiary/aromatic N) is 4. The van der Waals surface area contributed by atoms with Gasteiger partial charge in [0.15, 0.2) is 5.82 Å². The van der Waals surface area contributed by atoms with Gasteiger partial charge in [0.05, 0.1) is 10.6 Å². The van der Waals surface area contributed by atoms with Crippen molar-refractivity contribution in [1.82, 2.24) is 19.9 Å². The minimum absolute atomic E-state index is 0.0883. The number of nitrogens with one attached hydrogen (secondary N) is 1. The first-order valence-electron chi connectivity index (χ1n) is 9.05. The number of rotatable bonds is 6. The predicted octanol–water partition coefficient (Wildman–Crippen LogP) is 3.79. The van der Waals surface area contributed by atoms with Crippen LogP contribution in [0.25, 0.3) is 16.3 Å². The van der Waals surface area contributed by atoms with Crippen LogP contribution in [0.2, 0.25) is 0 Å². The van der Waals surface area contributed by atoms with Crippen LogP contribution in [-0.4, -0.2) is 32.0 Å². The van der Waals surface area contributed by atoms with E-state index in [0.29, 0.717) is 34.9 Å². The highest BCUT2D eigenvalue weighted by atomic mass is 32.1. The van der Waals surface area contributed by atoms with Crippen LogP contribution < -0.4 is 5.32 Å². The second-order valence-electron chi connectivity index (χ2n) is 6.58. The number of carbonyl (C=O) groups excluding carboxylic acids is 1. The maximum atomic E-state index is 13.5. The fourth-order valence-corrected chi connectivity index (χ4v) is 3.97. The van der Waals surface area contributed by atoms with Crippen molar-refractivity contribution in [2.75, 3.05) is 6.54 Å². The van der Waals surface area contributed by atoms with Gasteiger partial charge >= 0.3 is 0 Å². The molecule has 0 atom stereocenters. The van der Waals surface area contributed by atoms with E-state index in [-0.39, 0.29) is 23.0 Å². The number of nitro benzene ring substituents is 1. The van der Waals surface area contributed by atoms with Crippen molar-refractivity contribution in [3.8, 4) is 11.4 Å². The Labute approximate surface area is 174 Å². The van der Waals surface area contributed by atoms with Crippen LogP contribution in [-0.2, 0) is 6.42 Å². The summed E-state index contributed by atoms with van der Waals surface area (Å²) in [5, 5.41) is 20.2. The summed E-state index contributed by atoms with van der Waals surface area (Å²) in [6, 6.07) is 10.5. The van der Waals surface area contributed by atoms with Gasteiger partial charge in [-0.05, 0) is 25.1 Å². The maximum absolute atomic E-state index is 13.5. The van der Waals surface area contributed by atoms with Gasteiger partial charge in [-0.15, -0.1) is 16.4 Å². The summed E-state index contributed by atoms with van der Waals surface area (Å²) in [4.78, 5) is 28.1. The molecule has 0 aliphatic rings. The number of hydrogen-bond donors (Lipinski definition) is 1. The molecule has 0 unspecified atom stereocenters. The number of amides is 1. The average Bonchev–Trinajstić information content (AvgIpc) is 3.29. The van der Waals surface area contributed by atoms with Crippen molar-refractivity contribution in [2.45, 2.75) is 13.3 Å². The molecule has 4 rings (SSSR count). The Morgan fingerprint density at radius 3 is 2.87 bits per heavy atom. The van der Waals surface area contributed by atoms with Gasteiger partial charge in [-0.25, -0.2) is 8.91 Å². The van der Waals surface area contributed by atoms with E-state index in [0.717, 1.165) is 5.69 Å². The monoisotopic (exact) mass is 425 g/mol. The van der Waals surface area contributed by atoms with Crippen LogP contribution in [0, 0.1) is 22.9 Å². The summed E-state index contributed by atoms with van der Waals surface area (Å²) in [6.45, 7) is 1.88. The normalized spacial score (nSPS) is 11.0. The molecule has 1 amide bonds. The lowest BCUT2D eigenvalue weighted by Crippen LogP contribution is -2.26. The van der Waals surface area contributed by atoms with E-state index < -0.39 is 4.92 Å². The van der Waals surface area contributed by atoms with Crippen LogP contribution >= 0.6 is 11.3 Å². The Morgan fingerprint density at radius 2 is 2.10 bits per heavy atom. The molecule has 30 heavy (non-hydrogen) atoms. The van der Waals surface area contributed by atoms with E-state index in [1.54, 1.807) is 29.6 Å². The smallest absolute Gasteiger partial charge is 0.273 e. The molecular formula is C20H16FN5O3S. The zero-order valence-corrected chi connectivity index (χ0v) is 16.6. The molecule has 0 bridgehead atoms. The number of hydrogen-bond acceptors (Lipinski definition) is 6. The van der Waals surface area contributed by atoms with Crippen molar-refractivity contribution in [3.63, 3.8) is 0 Å². The zero-order chi connectivity index (χ0) is 21.3. The Balaban J connectivity index is 1.46. The molecule has 0 aliphatic heterocycles. The number of thiazole rings is 1. The standard InChI is InChI=1S/C20H16FN5O3S/c1-12-16(6-3-7-17(12)26(28)29)19(27)22-9-8-15-11-30-20-23-18(24-25(15)20)13-4-2-5-14(21)10-13/h2-7,10-11H,8-9H2,1H3,(H,22,27). The number of nitro groups is 1. The second-order valence-corrected chi connectivity index (χ2v) is 7.42. The lowest BCUT2D eigenvalue weighted by molar-refractivity contribution is -0.385. The fourth-order valence-electron chi connectivity index (χ4n) is 3.11. The minimum atomic E-state index is -0.505. The van der Waals surface area contributed by atoms with Gasteiger partial charge in [-0.3, -0.25) is 14.9 Å². The molecule has 1 N–H and O–H groups in total. The van der Waals surface area contributed by atoms with Gasteiger partial charge in [0.2, 0.25) is 4.96 Å². The summed E-state index contributed by atoms with van der Waals surface area (Å²) >= 11 is 1.40. The predicted molar refractivity (Wildman–Crippen MR) is 110 cm³/mol. The van der Waals surface area contributed by atoms with Gasteiger partial charge in [-0.1, -0.05) is 18.2 Å². The van der Waals surface area contributed by atoms with E-state index in [4.69, 9.17) is 0 Å². The van der Waals surface area contributed by atoms with Gasteiger partial charge in [0.25, 0.3) is 11.6 Å². The topological polar surface area (TPSA) is 102 Å². The number of carbonyl (C=O) groups is 1. The number of fused-ring (bicyclic) bond motifs is 1. The van der Waals surface area contributed by atoms with Gasteiger partial charge < -0.3 is 5.32 Å². The number of halogens is 1. The molecule has 8 nitrogen and oxygen atoms in total. The minimum Gasteiger partial charge on any atom is -0.352 e. The molecule has 0 saturated carbocycles. The molecule has 2 aromatic heterocycles. The third-order valence-corrected chi connectivity index (χ3v) is 5.51. The van der Waals surface area contributed by atoms with Crippen LogP contribution in [0.3, 0.4) is 0 Å². The van der Waals surface area contributed by atoms with Crippen LogP contribution in [0.15, 0.2) is 47.8 Å². The molecule has 2 aromatic carbocycles.